The molecule has 0 aromatic heterocycles. The maximum atomic E-state index is 13.6. The van der Waals surface area contributed by atoms with Gasteiger partial charge < -0.3 is 10.6 Å². The third-order valence-corrected chi connectivity index (χ3v) is 5.39. The topological polar surface area (TPSA) is 29.3 Å². The SMILES string of the molecule is CCC(N)(CC)c1ccc(C(F)(F)F)cc1N(c1ccccc1)c1ccccc1. The first-order valence-corrected chi connectivity index (χ1v) is 9.71. The normalized spacial score (nSPS) is 12.1. The van der Waals surface area contributed by atoms with Crippen LogP contribution in [0.4, 0.5) is 30.2 Å². The minimum absolute atomic E-state index is 0.448. The van der Waals surface area contributed by atoms with Gasteiger partial charge in [-0.25, -0.2) is 0 Å². The zero-order chi connectivity index (χ0) is 21.1. The molecule has 0 bridgehead atoms. The van der Waals surface area contributed by atoms with Crippen LogP contribution in [-0.4, -0.2) is 0 Å². The van der Waals surface area contributed by atoms with Crippen LogP contribution in [0, 0.1) is 0 Å². The third kappa shape index (κ3) is 4.30. The van der Waals surface area contributed by atoms with E-state index in [9.17, 15) is 13.2 Å². The predicted molar refractivity (Wildman–Crippen MR) is 113 cm³/mol. The number of benzene rings is 3. The first-order chi connectivity index (χ1) is 13.8. The summed E-state index contributed by atoms with van der Waals surface area (Å²) < 4.78 is 40.7. The molecule has 3 aromatic carbocycles. The summed E-state index contributed by atoms with van der Waals surface area (Å²) in [6.45, 7) is 3.92. The Morgan fingerprint density at radius 3 is 1.66 bits per heavy atom. The van der Waals surface area contributed by atoms with Crippen LogP contribution in [0.3, 0.4) is 0 Å². The fourth-order valence-electron chi connectivity index (χ4n) is 3.53. The molecule has 0 aliphatic carbocycles. The van der Waals surface area contributed by atoms with Crippen molar-refractivity contribution < 1.29 is 13.2 Å². The van der Waals surface area contributed by atoms with E-state index < -0.39 is 17.3 Å². The standard InChI is InChI=1S/C24H25F3N2/c1-3-23(28,4-2)21-16-15-18(24(25,26)27)17-22(21)29(19-11-7-5-8-12-19)20-13-9-6-10-14-20/h5-17H,3-4,28H2,1-2H3. The summed E-state index contributed by atoms with van der Waals surface area (Å²) in [5.74, 6) is 0. The summed E-state index contributed by atoms with van der Waals surface area (Å²) in [6.07, 6.45) is -3.22. The van der Waals surface area contributed by atoms with Crippen LogP contribution in [0.5, 0.6) is 0 Å². The van der Waals surface area contributed by atoms with Crippen molar-refractivity contribution in [3.63, 3.8) is 0 Å². The van der Waals surface area contributed by atoms with Gasteiger partial charge in [0.2, 0.25) is 0 Å². The molecule has 0 amide bonds. The predicted octanol–water partition coefficient (Wildman–Crippen LogP) is 7.15. The maximum Gasteiger partial charge on any atom is 0.416 e. The van der Waals surface area contributed by atoms with Gasteiger partial charge in [0.25, 0.3) is 0 Å². The minimum atomic E-state index is -4.44. The van der Waals surface area contributed by atoms with E-state index in [0.29, 0.717) is 24.1 Å². The number of alkyl halides is 3. The number of hydrogen-bond donors (Lipinski definition) is 1. The van der Waals surface area contributed by atoms with Gasteiger partial charge in [-0.1, -0.05) is 56.3 Å². The molecule has 0 saturated carbocycles. The van der Waals surface area contributed by atoms with E-state index in [1.54, 1.807) is 0 Å². The Hall–Kier alpha value is -2.79. The summed E-state index contributed by atoms with van der Waals surface area (Å²) in [4.78, 5) is 1.84. The molecule has 0 aliphatic heterocycles. The molecule has 0 fully saturated rings. The molecule has 0 unspecified atom stereocenters. The van der Waals surface area contributed by atoms with Gasteiger partial charge in [0, 0.05) is 16.9 Å². The molecule has 3 aromatic rings. The second-order valence-electron chi connectivity index (χ2n) is 7.10. The van der Waals surface area contributed by atoms with E-state index >= 15 is 0 Å². The highest BCUT2D eigenvalue weighted by molar-refractivity contribution is 5.79. The second kappa shape index (κ2) is 8.29. The van der Waals surface area contributed by atoms with Crippen molar-refractivity contribution in [2.45, 2.75) is 38.4 Å². The van der Waals surface area contributed by atoms with Gasteiger partial charge >= 0.3 is 6.18 Å². The largest absolute Gasteiger partial charge is 0.416 e. The molecule has 2 nitrogen and oxygen atoms in total. The van der Waals surface area contributed by atoms with Crippen LogP contribution in [0.15, 0.2) is 78.9 Å². The molecular weight excluding hydrogens is 373 g/mol. The Labute approximate surface area is 169 Å². The summed E-state index contributed by atoms with van der Waals surface area (Å²) in [5.41, 5.74) is 7.93. The lowest BCUT2D eigenvalue weighted by molar-refractivity contribution is -0.137. The Balaban J connectivity index is 2.33. The molecule has 0 aliphatic rings. The maximum absolute atomic E-state index is 13.6. The molecular formula is C24H25F3N2. The number of halogens is 3. The van der Waals surface area contributed by atoms with Crippen molar-refractivity contribution in [3.8, 4) is 0 Å². The molecule has 0 atom stereocenters. The van der Waals surface area contributed by atoms with Gasteiger partial charge in [-0.05, 0) is 54.8 Å². The van der Waals surface area contributed by atoms with E-state index in [1.165, 1.54) is 12.1 Å². The lowest BCUT2D eigenvalue weighted by Gasteiger charge is -2.35. The zero-order valence-electron chi connectivity index (χ0n) is 16.6. The quantitative estimate of drug-likeness (QED) is 0.478. The number of anilines is 3. The van der Waals surface area contributed by atoms with Crippen LogP contribution in [-0.2, 0) is 11.7 Å². The minimum Gasteiger partial charge on any atom is -0.321 e. The number of nitrogens with zero attached hydrogens (tertiary/aromatic N) is 1. The Bertz CT molecular complexity index is 894. The highest BCUT2D eigenvalue weighted by Crippen LogP contribution is 2.44. The molecule has 0 radical (unpaired) electrons. The Morgan fingerprint density at radius 1 is 0.759 bits per heavy atom. The van der Waals surface area contributed by atoms with Crippen molar-refractivity contribution in [3.05, 3.63) is 90.0 Å². The van der Waals surface area contributed by atoms with Gasteiger partial charge in [-0.2, -0.15) is 13.2 Å². The fourth-order valence-corrected chi connectivity index (χ4v) is 3.53. The van der Waals surface area contributed by atoms with E-state index in [1.807, 2.05) is 79.4 Å². The number of rotatable bonds is 6. The monoisotopic (exact) mass is 398 g/mol. The van der Waals surface area contributed by atoms with Gasteiger partial charge in [0.05, 0.1) is 11.3 Å². The van der Waals surface area contributed by atoms with Gasteiger partial charge in [0.1, 0.15) is 0 Å². The van der Waals surface area contributed by atoms with Crippen LogP contribution in [0.1, 0.15) is 37.8 Å². The molecule has 0 saturated heterocycles. The van der Waals surface area contributed by atoms with E-state index in [0.717, 1.165) is 17.4 Å². The molecule has 5 heteroatoms. The van der Waals surface area contributed by atoms with Crippen LogP contribution < -0.4 is 10.6 Å². The lowest BCUT2D eigenvalue weighted by atomic mass is 9.83. The van der Waals surface area contributed by atoms with Crippen molar-refractivity contribution in [1.82, 2.24) is 0 Å². The van der Waals surface area contributed by atoms with E-state index in [4.69, 9.17) is 5.73 Å². The highest BCUT2D eigenvalue weighted by atomic mass is 19.4. The van der Waals surface area contributed by atoms with Gasteiger partial charge in [-0.3, -0.25) is 0 Å². The van der Waals surface area contributed by atoms with Crippen molar-refractivity contribution in [1.29, 1.82) is 0 Å². The third-order valence-electron chi connectivity index (χ3n) is 5.39. The Kier molecular flexibility index (Phi) is 5.99. The molecule has 29 heavy (non-hydrogen) atoms. The molecule has 2 N–H and O–H groups in total. The molecule has 0 heterocycles. The van der Waals surface area contributed by atoms with Gasteiger partial charge in [0.15, 0.2) is 0 Å². The average Bonchev–Trinajstić information content (AvgIpc) is 2.74. The zero-order valence-corrected chi connectivity index (χ0v) is 16.6. The van der Waals surface area contributed by atoms with Gasteiger partial charge in [-0.15, -0.1) is 0 Å². The second-order valence-corrected chi connectivity index (χ2v) is 7.10. The first-order valence-electron chi connectivity index (χ1n) is 9.71. The molecule has 3 rings (SSSR count). The average molecular weight is 398 g/mol. The Morgan fingerprint density at radius 2 is 1.24 bits per heavy atom. The summed E-state index contributed by atoms with van der Waals surface area (Å²) in [5, 5.41) is 0. The van der Waals surface area contributed by atoms with Crippen molar-refractivity contribution >= 4 is 17.1 Å². The molecule has 152 valence electrons. The number of nitrogens with two attached hydrogens (primary N) is 1. The van der Waals surface area contributed by atoms with E-state index in [-0.39, 0.29) is 0 Å². The molecule has 0 spiro atoms. The fraction of sp³-hybridized carbons (Fsp3) is 0.250. The van der Waals surface area contributed by atoms with E-state index in [2.05, 4.69) is 0 Å². The van der Waals surface area contributed by atoms with Crippen molar-refractivity contribution in [2.24, 2.45) is 5.73 Å². The van der Waals surface area contributed by atoms with Crippen LogP contribution >= 0.6 is 0 Å². The van der Waals surface area contributed by atoms with Crippen LogP contribution in [0.25, 0.3) is 0 Å². The lowest BCUT2D eigenvalue weighted by Crippen LogP contribution is -2.36. The van der Waals surface area contributed by atoms with Crippen molar-refractivity contribution in [2.75, 3.05) is 4.90 Å². The number of hydrogen-bond acceptors (Lipinski definition) is 2. The summed E-state index contributed by atoms with van der Waals surface area (Å²) in [7, 11) is 0. The van der Waals surface area contributed by atoms with Crippen LogP contribution in [0.2, 0.25) is 0 Å². The first kappa shape index (κ1) is 20.9. The summed E-state index contributed by atoms with van der Waals surface area (Å²) >= 11 is 0. The summed E-state index contributed by atoms with van der Waals surface area (Å²) in [6, 6.07) is 22.6. The smallest absolute Gasteiger partial charge is 0.321 e. The number of para-hydroxylation sites is 2. The highest BCUT2D eigenvalue weighted by Gasteiger charge is 2.35.